The molecule has 0 saturated carbocycles. The van der Waals surface area contributed by atoms with Gasteiger partial charge in [0.05, 0.1) is 6.61 Å². The summed E-state index contributed by atoms with van der Waals surface area (Å²) in [5.74, 6) is 1.10. The zero-order valence-corrected chi connectivity index (χ0v) is 10.5. The zero-order chi connectivity index (χ0) is 12.3. The van der Waals surface area contributed by atoms with Gasteiger partial charge in [-0.25, -0.2) is 4.98 Å². The molecule has 2 aromatic rings. The number of hydrogen-bond donors (Lipinski definition) is 1. The van der Waals surface area contributed by atoms with Gasteiger partial charge in [-0.1, -0.05) is 13.8 Å². The highest BCUT2D eigenvalue weighted by Crippen LogP contribution is 2.23. The first-order chi connectivity index (χ1) is 8.20. The first kappa shape index (κ1) is 11.9. The number of benzene rings is 1. The lowest BCUT2D eigenvalue weighted by molar-refractivity contribution is 0.211. The minimum Gasteiger partial charge on any atom is -0.440 e. The maximum atomic E-state index is 5.65. The van der Waals surface area contributed by atoms with Crippen molar-refractivity contribution < 1.29 is 9.15 Å². The van der Waals surface area contributed by atoms with Gasteiger partial charge in [0.1, 0.15) is 5.52 Å². The molecule has 1 heterocycles. The van der Waals surface area contributed by atoms with E-state index in [2.05, 4.69) is 24.1 Å². The van der Waals surface area contributed by atoms with E-state index in [1.165, 1.54) is 0 Å². The average molecular weight is 234 g/mol. The first-order valence-electron chi connectivity index (χ1n) is 5.84. The fourth-order valence-electron chi connectivity index (χ4n) is 1.60. The highest BCUT2D eigenvalue weighted by atomic mass is 16.5. The van der Waals surface area contributed by atoms with Crippen molar-refractivity contribution in [2.24, 2.45) is 0 Å². The second-order valence-corrected chi connectivity index (χ2v) is 4.31. The molecule has 0 amide bonds. The Bertz CT molecular complexity index is 491. The number of hydrogen-bond acceptors (Lipinski definition) is 4. The van der Waals surface area contributed by atoms with Crippen LogP contribution in [0.4, 0.5) is 5.69 Å². The molecule has 0 fully saturated rings. The molecule has 0 radical (unpaired) electrons. The quantitative estimate of drug-likeness (QED) is 0.808. The van der Waals surface area contributed by atoms with Crippen LogP contribution in [-0.2, 0) is 4.74 Å². The van der Waals surface area contributed by atoms with Crippen LogP contribution in [0.25, 0.3) is 11.1 Å². The highest BCUT2D eigenvalue weighted by Gasteiger charge is 2.09. The van der Waals surface area contributed by atoms with E-state index in [0.717, 1.165) is 29.2 Å². The van der Waals surface area contributed by atoms with Crippen LogP contribution in [0.3, 0.4) is 0 Å². The molecule has 4 heteroatoms. The first-order valence-corrected chi connectivity index (χ1v) is 5.84. The Morgan fingerprint density at radius 1 is 1.41 bits per heavy atom. The van der Waals surface area contributed by atoms with Gasteiger partial charge < -0.3 is 14.5 Å². The summed E-state index contributed by atoms with van der Waals surface area (Å²) in [5, 5.41) is 3.27. The van der Waals surface area contributed by atoms with E-state index in [1.54, 1.807) is 7.11 Å². The van der Waals surface area contributed by atoms with E-state index < -0.39 is 0 Å². The van der Waals surface area contributed by atoms with E-state index in [4.69, 9.17) is 9.15 Å². The van der Waals surface area contributed by atoms with Crippen molar-refractivity contribution in [1.29, 1.82) is 0 Å². The maximum absolute atomic E-state index is 5.65. The van der Waals surface area contributed by atoms with Gasteiger partial charge in [-0.05, 0) is 18.2 Å². The lowest BCUT2D eigenvalue weighted by atomic mass is 10.2. The number of ether oxygens (including phenoxy) is 1. The topological polar surface area (TPSA) is 47.3 Å². The Morgan fingerprint density at radius 3 is 2.94 bits per heavy atom. The van der Waals surface area contributed by atoms with Crippen LogP contribution in [0, 0.1) is 0 Å². The van der Waals surface area contributed by atoms with Gasteiger partial charge in [-0.15, -0.1) is 0 Å². The molecule has 0 aliphatic carbocycles. The molecule has 2 rings (SSSR count). The summed E-state index contributed by atoms with van der Waals surface area (Å²) < 4.78 is 10.6. The molecule has 1 aromatic heterocycles. The van der Waals surface area contributed by atoms with Crippen molar-refractivity contribution in [2.75, 3.05) is 25.6 Å². The summed E-state index contributed by atoms with van der Waals surface area (Å²) in [6, 6.07) is 5.94. The second kappa shape index (κ2) is 5.19. The number of nitrogens with one attached hydrogen (secondary N) is 1. The third-order valence-corrected chi connectivity index (χ3v) is 2.53. The second-order valence-electron chi connectivity index (χ2n) is 4.31. The molecule has 0 bridgehead atoms. The van der Waals surface area contributed by atoms with E-state index >= 15 is 0 Å². The predicted molar refractivity (Wildman–Crippen MR) is 68.5 cm³/mol. The molecule has 17 heavy (non-hydrogen) atoms. The molecule has 0 spiro atoms. The van der Waals surface area contributed by atoms with Crippen molar-refractivity contribution in [2.45, 2.75) is 19.8 Å². The summed E-state index contributed by atoms with van der Waals surface area (Å²) >= 11 is 0. The summed E-state index contributed by atoms with van der Waals surface area (Å²) in [6.07, 6.45) is 0. The van der Waals surface area contributed by atoms with Crippen LogP contribution in [0.2, 0.25) is 0 Å². The Labute approximate surface area is 101 Å². The Kier molecular flexibility index (Phi) is 3.64. The lowest BCUT2D eigenvalue weighted by Crippen LogP contribution is -2.07. The minimum absolute atomic E-state index is 0.312. The van der Waals surface area contributed by atoms with Gasteiger partial charge in [0, 0.05) is 25.3 Å². The van der Waals surface area contributed by atoms with Crippen molar-refractivity contribution in [3.05, 3.63) is 24.1 Å². The molecule has 0 aliphatic heterocycles. The smallest absolute Gasteiger partial charge is 0.198 e. The van der Waals surface area contributed by atoms with Crippen LogP contribution < -0.4 is 5.32 Å². The third-order valence-electron chi connectivity index (χ3n) is 2.53. The summed E-state index contributed by atoms with van der Waals surface area (Å²) in [4.78, 5) is 4.46. The summed E-state index contributed by atoms with van der Waals surface area (Å²) in [7, 11) is 1.69. The molecule has 0 saturated heterocycles. The van der Waals surface area contributed by atoms with Crippen molar-refractivity contribution in [3.63, 3.8) is 0 Å². The predicted octanol–water partition coefficient (Wildman–Crippen LogP) is 3.01. The van der Waals surface area contributed by atoms with Gasteiger partial charge in [-0.3, -0.25) is 0 Å². The highest BCUT2D eigenvalue weighted by molar-refractivity contribution is 5.77. The van der Waals surface area contributed by atoms with Gasteiger partial charge in [-0.2, -0.15) is 0 Å². The van der Waals surface area contributed by atoms with Crippen LogP contribution in [0.1, 0.15) is 25.7 Å². The Hall–Kier alpha value is -1.55. The van der Waals surface area contributed by atoms with Gasteiger partial charge in [0.2, 0.25) is 0 Å². The van der Waals surface area contributed by atoms with E-state index in [0.29, 0.717) is 12.5 Å². The Balaban J connectivity index is 2.18. The number of anilines is 1. The van der Waals surface area contributed by atoms with Crippen LogP contribution in [-0.4, -0.2) is 25.2 Å². The number of rotatable bonds is 5. The maximum Gasteiger partial charge on any atom is 0.198 e. The van der Waals surface area contributed by atoms with Crippen molar-refractivity contribution in [1.82, 2.24) is 4.98 Å². The molecular formula is C13H18N2O2. The molecule has 0 unspecified atom stereocenters. The third kappa shape index (κ3) is 2.77. The fraction of sp³-hybridized carbons (Fsp3) is 0.462. The minimum atomic E-state index is 0.312. The van der Waals surface area contributed by atoms with Gasteiger partial charge in [0.25, 0.3) is 0 Å². The van der Waals surface area contributed by atoms with Crippen LogP contribution in [0.15, 0.2) is 22.6 Å². The number of aromatic nitrogens is 1. The van der Waals surface area contributed by atoms with Gasteiger partial charge >= 0.3 is 0 Å². The summed E-state index contributed by atoms with van der Waals surface area (Å²) in [6.45, 7) is 5.62. The van der Waals surface area contributed by atoms with E-state index in [9.17, 15) is 0 Å². The number of methoxy groups -OCH3 is 1. The zero-order valence-electron chi connectivity index (χ0n) is 10.5. The van der Waals surface area contributed by atoms with E-state index in [-0.39, 0.29) is 0 Å². The molecule has 0 aliphatic rings. The number of fused-ring (bicyclic) bond motifs is 1. The van der Waals surface area contributed by atoms with E-state index in [1.807, 2.05) is 18.2 Å². The van der Waals surface area contributed by atoms with Crippen molar-refractivity contribution >= 4 is 16.8 Å². The standard InChI is InChI=1S/C13H18N2O2/c1-9(2)13-15-11-8-10(14-6-7-16-3)4-5-12(11)17-13/h4-5,8-9,14H,6-7H2,1-3H3. The van der Waals surface area contributed by atoms with Crippen molar-refractivity contribution in [3.8, 4) is 0 Å². The largest absolute Gasteiger partial charge is 0.440 e. The summed E-state index contributed by atoms with van der Waals surface area (Å²) in [5.41, 5.74) is 2.78. The molecular weight excluding hydrogens is 216 g/mol. The molecule has 92 valence electrons. The molecule has 1 aromatic carbocycles. The molecule has 1 N–H and O–H groups in total. The monoisotopic (exact) mass is 234 g/mol. The SMILES string of the molecule is COCCNc1ccc2oc(C(C)C)nc2c1. The Morgan fingerprint density at radius 2 is 2.24 bits per heavy atom. The lowest BCUT2D eigenvalue weighted by Gasteiger charge is -2.04. The van der Waals surface area contributed by atoms with Crippen LogP contribution >= 0.6 is 0 Å². The van der Waals surface area contributed by atoms with Crippen LogP contribution in [0.5, 0.6) is 0 Å². The number of nitrogens with zero attached hydrogens (tertiary/aromatic N) is 1. The molecule has 4 nitrogen and oxygen atoms in total. The van der Waals surface area contributed by atoms with Gasteiger partial charge in [0.15, 0.2) is 11.5 Å². The average Bonchev–Trinajstić information content (AvgIpc) is 2.72. The number of oxazole rings is 1. The fourth-order valence-corrected chi connectivity index (χ4v) is 1.60. The molecule has 0 atom stereocenters. The normalized spacial score (nSPS) is 11.3.